The summed E-state index contributed by atoms with van der Waals surface area (Å²) in [5.41, 5.74) is 6.05. The third kappa shape index (κ3) is 4.55. The fraction of sp³-hybridized carbons (Fsp3) is 0.368. The Morgan fingerprint density at radius 2 is 1.78 bits per heavy atom. The van der Waals surface area contributed by atoms with E-state index in [2.05, 4.69) is 62.4 Å². The van der Waals surface area contributed by atoms with Gasteiger partial charge in [0.2, 0.25) is 0 Å². The molecule has 1 heterocycles. The van der Waals surface area contributed by atoms with E-state index in [0.29, 0.717) is 18.2 Å². The predicted octanol–water partition coefficient (Wildman–Crippen LogP) is 4.14. The molecule has 0 spiro atoms. The van der Waals surface area contributed by atoms with Crippen molar-refractivity contribution in [2.75, 3.05) is 11.9 Å². The summed E-state index contributed by atoms with van der Waals surface area (Å²) in [5, 5.41) is 6.26. The van der Waals surface area contributed by atoms with Crippen LogP contribution in [0.15, 0.2) is 30.5 Å². The second-order valence-corrected chi connectivity index (χ2v) is 6.43. The number of carbonyl (C=O) groups excluding carboxylic acids is 1. The second-order valence-electron chi connectivity index (χ2n) is 6.43. The quantitative estimate of drug-likeness (QED) is 0.872. The zero-order valence-corrected chi connectivity index (χ0v) is 14.5. The highest BCUT2D eigenvalue weighted by atomic mass is 16.1. The SMILES string of the molecule is Cc1cc(C)c(Nc2ccc(C(=O)NCC(C)C)nc2)c(C)c1. The molecular weight excluding hydrogens is 286 g/mol. The number of aromatic nitrogens is 1. The number of pyridine rings is 1. The Labute approximate surface area is 138 Å². The molecule has 0 radical (unpaired) electrons. The first kappa shape index (κ1) is 17.0. The van der Waals surface area contributed by atoms with Gasteiger partial charge in [-0.05, 0) is 49.9 Å². The first-order chi connectivity index (χ1) is 10.9. The van der Waals surface area contributed by atoms with E-state index < -0.39 is 0 Å². The molecule has 2 aromatic rings. The fourth-order valence-electron chi connectivity index (χ4n) is 2.51. The first-order valence-electron chi connectivity index (χ1n) is 7.96. The Morgan fingerprint density at radius 3 is 2.30 bits per heavy atom. The maximum Gasteiger partial charge on any atom is 0.269 e. The van der Waals surface area contributed by atoms with Gasteiger partial charge in [-0.25, -0.2) is 4.98 Å². The third-order valence-corrected chi connectivity index (χ3v) is 3.61. The zero-order chi connectivity index (χ0) is 17.0. The van der Waals surface area contributed by atoms with Crippen LogP contribution in [0.1, 0.15) is 41.0 Å². The van der Waals surface area contributed by atoms with Crippen LogP contribution in [0.3, 0.4) is 0 Å². The van der Waals surface area contributed by atoms with Crippen LogP contribution < -0.4 is 10.6 Å². The molecular formula is C19H25N3O. The summed E-state index contributed by atoms with van der Waals surface area (Å²) in [6.45, 7) is 11.0. The monoisotopic (exact) mass is 311 g/mol. The normalized spacial score (nSPS) is 10.7. The average molecular weight is 311 g/mol. The number of carbonyl (C=O) groups is 1. The van der Waals surface area contributed by atoms with E-state index in [1.807, 2.05) is 6.07 Å². The van der Waals surface area contributed by atoms with E-state index in [1.54, 1.807) is 12.3 Å². The van der Waals surface area contributed by atoms with Gasteiger partial charge in [-0.1, -0.05) is 31.5 Å². The van der Waals surface area contributed by atoms with Crippen molar-refractivity contribution in [1.29, 1.82) is 0 Å². The lowest BCUT2D eigenvalue weighted by Gasteiger charge is -2.14. The lowest BCUT2D eigenvalue weighted by atomic mass is 10.0. The summed E-state index contributed by atoms with van der Waals surface area (Å²) in [6.07, 6.45) is 1.70. The molecule has 0 aliphatic carbocycles. The summed E-state index contributed by atoms with van der Waals surface area (Å²) >= 11 is 0. The molecule has 4 nitrogen and oxygen atoms in total. The molecule has 0 saturated heterocycles. The lowest BCUT2D eigenvalue weighted by Crippen LogP contribution is -2.27. The minimum absolute atomic E-state index is 0.132. The van der Waals surface area contributed by atoms with E-state index in [0.717, 1.165) is 11.4 Å². The fourth-order valence-corrected chi connectivity index (χ4v) is 2.51. The van der Waals surface area contributed by atoms with Crippen molar-refractivity contribution in [3.8, 4) is 0 Å². The Bertz CT molecular complexity index is 667. The molecule has 122 valence electrons. The molecule has 2 rings (SSSR count). The molecule has 0 atom stereocenters. The van der Waals surface area contributed by atoms with Crippen LogP contribution in [0.2, 0.25) is 0 Å². The van der Waals surface area contributed by atoms with Crippen molar-refractivity contribution in [3.63, 3.8) is 0 Å². The molecule has 1 amide bonds. The number of hydrogen-bond acceptors (Lipinski definition) is 3. The number of aryl methyl sites for hydroxylation is 3. The van der Waals surface area contributed by atoms with E-state index >= 15 is 0 Å². The van der Waals surface area contributed by atoms with Crippen LogP contribution in [0.25, 0.3) is 0 Å². The standard InChI is InChI=1S/C19H25N3O/c1-12(2)10-21-19(23)17-7-6-16(11-20-17)22-18-14(4)8-13(3)9-15(18)5/h6-9,11-12,22H,10H2,1-5H3,(H,21,23). The summed E-state index contributed by atoms with van der Waals surface area (Å²) in [4.78, 5) is 16.2. The predicted molar refractivity (Wildman–Crippen MR) is 95.3 cm³/mol. The van der Waals surface area contributed by atoms with Gasteiger partial charge >= 0.3 is 0 Å². The zero-order valence-electron chi connectivity index (χ0n) is 14.5. The first-order valence-corrected chi connectivity index (χ1v) is 7.96. The third-order valence-electron chi connectivity index (χ3n) is 3.61. The number of hydrogen-bond donors (Lipinski definition) is 2. The van der Waals surface area contributed by atoms with Gasteiger partial charge < -0.3 is 10.6 Å². The van der Waals surface area contributed by atoms with Gasteiger partial charge in [-0.3, -0.25) is 4.79 Å². The van der Waals surface area contributed by atoms with Gasteiger partial charge in [-0.2, -0.15) is 0 Å². The molecule has 1 aromatic heterocycles. The highest BCUT2D eigenvalue weighted by molar-refractivity contribution is 5.92. The summed E-state index contributed by atoms with van der Waals surface area (Å²) in [5.74, 6) is 0.292. The van der Waals surface area contributed by atoms with Gasteiger partial charge in [0.25, 0.3) is 5.91 Å². The minimum atomic E-state index is -0.132. The molecule has 0 aliphatic heterocycles. The highest BCUT2D eigenvalue weighted by Crippen LogP contribution is 2.25. The number of nitrogens with zero attached hydrogens (tertiary/aromatic N) is 1. The van der Waals surface area contributed by atoms with E-state index in [1.165, 1.54) is 16.7 Å². The number of benzene rings is 1. The van der Waals surface area contributed by atoms with Gasteiger partial charge in [-0.15, -0.1) is 0 Å². The maximum atomic E-state index is 12.0. The smallest absolute Gasteiger partial charge is 0.269 e. The van der Waals surface area contributed by atoms with Crippen molar-refractivity contribution in [1.82, 2.24) is 10.3 Å². The van der Waals surface area contributed by atoms with Gasteiger partial charge in [0.1, 0.15) is 5.69 Å². The van der Waals surface area contributed by atoms with Gasteiger partial charge in [0.15, 0.2) is 0 Å². The number of anilines is 2. The number of rotatable bonds is 5. The van der Waals surface area contributed by atoms with Crippen LogP contribution in [0, 0.1) is 26.7 Å². The summed E-state index contributed by atoms with van der Waals surface area (Å²) < 4.78 is 0. The summed E-state index contributed by atoms with van der Waals surface area (Å²) in [7, 11) is 0. The molecule has 1 aromatic carbocycles. The van der Waals surface area contributed by atoms with Crippen molar-refractivity contribution in [2.45, 2.75) is 34.6 Å². The van der Waals surface area contributed by atoms with Crippen LogP contribution >= 0.6 is 0 Å². The molecule has 4 heteroatoms. The van der Waals surface area contributed by atoms with Gasteiger partial charge in [0, 0.05) is 12.2 Å². The Balaban J connectivity index is 2.10. The molecule has 2 N–H and O–H groups in total. The lowest BCUT2D eigenvalue weighted by molar-refractivity contribution is 0.0944. The average Bonchev–Trinajstić information content (AvgIpc) is 2.49. The van der Waals surface area contributed by atoms with Crippen LogP contribution in [0.5, 0.6) is 0 Å². The maximum absolute atomic E-state index is 12.0. The summed E-state index contributed by atoms with van der Waals surface area (Å²) in [6, 6.07) is 7.93. The number of amides is 1. The van der Waals surface area contributed by atoms with Crippen LogP contribution in [-0.4, -0.2) is 17.4 Å². The highest BCUT2D eigenvalue weighted by Gasteiger charge is 2.09. The van der Waals surface area contributed by atoms with E-state index in [-0.39, 0.29) is 5.91 Å². The van der Waals surface area contributed by atoms with Crippen LogP contribution in [0.4, 0.5) is 11.4 Å². The molecule has 0 unspecified atom stereocenters. The Morgan fingerprint density at radius 1 is 1.13 bits per heavy atom. The van der Waals surface area contributed by atoms with Crippen molar-refractivity contribution < 1.29 is 4.79 Å². The molecule has 0 aliphatic rings. The largest absolute Gasteiger partial charge is 0.354 e. The Hall–Kier alpha value is -2.36. The number of nitrogens with one attached hydrogen (secondary N) is 2. The van der Waals surface area contributed by atoms with Crippen molar-refractivity contribution in [2.24, 2.45) is 5.92 Å². The molecule has 0 saturated carbocycles. The van der Waals surface area contributed by atoms with Crippen molar-refractivity contribution >= 4 is 17.3 Å². The second kappa shape index (κ2) is 7.27. The molecule has 23 heavy (non-hydrogen) atoms. The van der Waals surface area contributed by atoms with E-state index in [4.69, 9.17) is 0 Å². The molecule has 0 fully saturated rings. The molecule has 0 bridgehead atoms. The van der Waals surface area contributed by atoms with Crippen molar-refractivity contribution in [3.05, 3.63) is 52.8 Å². The Kier molecular flexibility index (Phi) is 5.37. The minimum Gasteiger partial charge on any atom is -0.354 e. The van der Waals surface area contributed by atoms with Gasteiger partial charge in [0.05, 0.1) is 11.9 Å². The van der Waals surface area contributed by atoms with Crippen LogP contribution in [-0.2, 0) is 0 Å². The van der Waals surface area contributed by atoms with E-state index in [9.17, 15) is 4.79 Å². The topological polar surface area (TPSA) is 54.0 Å².